The summed E-state index contributed by atoms with van der Waals surface area (Å²) < 4.78 is 49.7. The number of nitrogens with zero attached hydrogens (tertiary/aromatic N) is 1. The van der Waals surface area contributed by atoms with Gasteiger partial charge in [-0.2, -0.15) is 0 Å². The van der Waals surface area contributed by atoms with Crippen LogP contribution in [0, 0.1) is 5.82 Å². The van der Waals surface area contributed by atoms with E-state index in [1.54, 1.807) is 36.1 Å². The molecular weight excluding hydrogens is 473 g/mol. The van der Waals surface area contributed by atoms with Crippen molar-refractivity contribution in [1.82, 2.24) is 4.90 Å². The van der Waals surface area contributed by atoms with Crippen molar-refractivity contribution in [2.75, 3.05) is 31.3 Å². The Kier molecular flexibility index (Phi) is 8.69. The van der Waals surface area contributed by atoms with Crippen LogP contribution in [-0.4, -0.2) is 68.1 Å². The molecule has 1 saturated heterocycles. The molecule has 1 N–H and O–H groups in total. The molecule has 2 unspecified atom stereocenters. The van der Waals surface area contributed by atoms with Crippen molar-refractivity contribution >= 4 is 27.7 Å². The van der Waals surface area contributed by atoms with Crippen LogP contribution in [0.5, 0.6) is 11.5 Å². The number of rotatable bonds is 11. The molecule has 2 atom stereocenters. The Morgan fingerprint density at radius 2 is 2.06 bits per heavy atom. The largest absolute Gasteiger partial charge is 0.490 e. The Morgan fingerprint density at radius 1 is 1.27 bits per heavy atom. The van der Waals surface area contributed by atoms with E-state index in [2.05, 4.69) is 0 Å². The highest BCUT2D eigenvalue weighted by molar-refractivity contribution is 7.91. The van der Waals surface area contributed by atoms with E-state index in [-0.39, 0.29) is 47.8 Å². The van der Waals surface area contributed by atoms with E-state index >= 15 is 0 Å². The molecule has 180 valence electrons. The van der Waals surface area contributed by atoms with E-state index in [4.69, 9.17) is 21.1 Å². The van der Waals surface area contributed by atoms with Gasteiger partial charge in [-0.05, 0) is 43.7 Å². The van der Waals surface area contributed by atoms with Gasteiger partial charge in [0.1, 0.15) is 24.8 Å². The lowest BCUT2D eigenvalue weighted by Gasteiger charge is -2.30. The number of aliphatic hydroxyl groups excluding tert-OH is 1. The standard InChI is InChI=1S/C23H27ClFNO6S/c1-2-31-23-10-16(13-27)6-7-22(23)32-14-18(28)11-26(17-8-9-33(29,30)15-17)12-19-20(24)4-3-5-21(19)25/h3-7,10,13,17-18,28H,2,8-9,11-12,14-15H2,1H3. The number of sulfone groups is 1. The maximum Gasteiger partial charge on any atom is 0.161 e. The Balaban J connectivity index is 1.72. The maximum absolute atomic E-state index is 14.4. The lowest BCUT2D eigenvalue weighted by atomic mass is 10.1. The van der Waals surface area contributed by atoms with Crippen molar-refractivity contribution in [3.05, 3.63) is 58.4 Å². The van der Waals surface area contributed by atoms with Crippen LogP contribution in [0.3, 0.4) is 0 Å². The van der Waals surface area contributed by atoms with Gasteiger partial charge in [-0.1, -0.05) is 17.7 Å². The van der Waals surface area contributed by atoms with Crippen LogP contribution in [0.2, 0.25) is 5.02 Å². The number of hydrogen-bond acceptors (Lipinski definition) is 7. The van der Waals surface area contributed by atoms with Gasteiger partial charge in [-0.25, -0.2) is 12.8 Å². The minimum absolute atomic E-state index is 0.0482. The number of hydrogen-bond donors (Lipinski definition) is 1. The summed E-state index contributed by atoms with van der Waals surface area (Å²) in [7, 11) is -3.19. The van der Waals surface area contributed by atoms with E-state index in [1.807, 2.05) is 0 Å². The molecule has 2 aromatic carbocycles. The topological polar surface area (TPSA) is 93.1 Å². The molecule has 0 radical (unpaired) electrons. The maximum atomic E-state index is 14.4. The molecule has 0 bridgehead atoms. The van der Waals surface area contributed by atoms with E-state index in [1.165, 1.54) is 12.1 Å². The molecule has 1 aliphatic rings. The van der Waals surface area contributed by atoms with Crippen molar-refractivity contribution in [2.24, 2.45) is 0 Å². The van der Waals surface area contributed by atoms with Gasteiger partial charge in [0, 0.05) is 35.3 Å². The van der Waals surface area contributed by atoms with Crippen molar-refractivity contribution in [1.29, 1.82) is 0 Å². The summed E-state index contributed by atoms with van der Waals surface area (Å²) in [6, 6.07) is 8.71. The first kappa shape index (κ1) is 25.4. The predicted octanol–water partition coefficient (Wildman–Crippen LogP) is 3.12. The molecule has 0 saturated carbocycles. The van der Waals surface area contributed by atoms with Crippen LogP contribution in [0.25, 0.3) is 0 Å². The second kappa shape index (κ2) is 11.3. The zero-order valence-corrected chi connectivity index (χ0v) is 19.8. The van der Waals surface area contributed by atoms with Crippen LogP contribution in [0.15, 0.2) is 36.4 Å². The lowest BCUT2D eigenvalue weighted by Crippen LogP contribution is -2.42. The third-order valence-corrected chi connectivity index (χ3v) is 7.53. The van der Waals surface area contributed by atoms with Crippen molar-refractivity contribution in [3.63, 3.8) is 0 Å². The Morgan fingerprint density at radius 3 is 2.70 bits per heavy atom. The summed E-state index contributed by atoms with van der Waals surface area (Å²) in [6.45, 7) is 2.17. The highest BCUT2D eigenvalue weighted by Crippen LogP contribution is 2.29. The SMILES string of the molecule is CCOc1cc(C=O)ccc1OCC(O)CN(Cc1c(F)cccc1Cl)C1CCS(=O)(=O)C1. The van der Waals surface area contributed by atoms with Gasteiger partial charge in [0.15, 0.2) is 21.3 Å². The van der Waals surface area contributed by atoms with Gasteiger partial charge in [0.2, 0.25) is 0 Å². The monoisotopic (exact) mass is 499 g/mol. The van der Waals surface area contributed by atoms with Gasteiger partial charge < -0.3 is 14.6 Å². The average molecular weight is 500 g/mol. The van der Waals surface area contributed by atoms with Crippen LogP contribution >= 0.6 is 11.6 Å². The summed E-state index contributed by atoms with van der Waals surface area (Å²) in [5.74, 6) is 0.247. The number of aldehydes is 1. The fraction of sp³-hybridized carbons (Fsp3) is 0.435. The summed E-state index contributed by atoms with van der Waals surface area (Å²) in [5.41, 5.74) is 0.682. The number of carbonyl (C=O) groups excluding carboxylic acids is 1. The number of carbonyl (C=O) groups is 1. The summed E-state index contributed by atoms with van der Waals surface area (Å²) in [5, 5.41) is 10.9. The van der Waals surface area contributed by atoms with Crippen LogP contribution < -0.4 is 9.47 Å². The molecule has 1 aliphatic heterocycles. The number of aliphatic hydroxyl groups is 1. The summed E-state index contributed by atoms with van der Waals surface area (Å²) in [6.07, 6.45) is 0.0886. The van der Waals surface area contributed by atoms with Gasteiger partial charge in [-0.15, -0.1) is 0 Å². The first-order valence-corrected chi connectivity index (χ1v) is 12.8. The molecule has 1 fully saturated rings. The third kappa shape index (κ3) is 6.89. The number of ether oxygens (including phenoxy) is 2. The van der Waals surface area contributed by atoms with Crippen LogP contribution in [-0.2, 0) is 16.4 Å². The molecule has 0 aliphatic carbocycles. The molecule has 3 rings (SSSR count). The van der Waals surface area contributed by atoms with Gasteiger partial charge in [-0.3, -0.25) is 9.69 Å². The number of halogens is 2. The van der Waals surface area contributed by atoms with E-state index in [9.17, 15) is 22.7 Å². The number of benzene rings is 2. The Hall–Kier alpha value is -2.20. The fourth-order valence-electron chi connectivity index (χ4n) is 3.79. The first-order valence-electron chi connectivity index (χ1n) is 10.6. The normalized spacial score (nSPS) is 18.3. The van der Waals surface area contributed by atoms with Crippen molar-refractivity contribution in [3.8, 4) is 11.5 Å². The minimum atomic E-state index is -3.19. The Labute approximate surface area is 198 Å². The minimum Gasteiger partial charge on any atom is -0.490 e. The van der Waals surface area contributed by atoms with E-state index in [0.29, 0.717) is 36.4 Å². The van der Waals surface area contributed by atoms with Crippen molar-refractivity contribution < 1.29 is 32.2 Å². The molecule has 0 spiro atoms. The van der Waals surface area contributed by atoms with Gasteiger partial charge in [0.25, 0.3) is 0 Å². The molecule has 7 nitrogen and oxygen atoms in total. The zero-order valence-electron chi connectivity index (χ0n) is 18.2. The second-order valence-corrected chi connectivity index (χ2v) is 10.5. The third-order valence-electron chi connectivity index (χ3n) is 5.43. The average Bonchev–Trinajstić information content (AvgIpc) is 3.14. The molecule has 10 heteroatoms. The molecule has 0 amide bonds. The fourth-order valence-corrected chi connectivity index (χ4v) is 5.77. The van der Waals surface area contributed by atoms with E-state index in [0.717, 1.165) is 0 Å². The quantitative estimate of drug-likeness (QED) is 0.475. The molecule has 33 heavy (non-hydrogen) atoms. The predicted molar refractivity (Wildman–Crippen MR) is 123 cm³/mol. The molecule has 0 aromatic heterocycles. The van der Waals surface area contributed by atoms with Gasteiger partial charge in [0.05, 0.1) is 18.1 Å². The molecular formula is C23H27ClFNO6S. The van der Waals surface area contributed by atoms with Crippen molar-refractivity contribution in [2.45, 2.75) is 32.0 Å². The molecule has 2 aromatic rings. The molecule has 1 heterocycles. The second-order valence-electron chi connectivity index (χ2n) is 7.91. The van der Waals surface area contributed by atoms with Crippen LogP contribution in [0.4, 0.5) is 4.39 Å². The Bertz CT molecular complexity index is 1060. The lowest BCUT2D eigenvalue weighted by molar-refractivity contribution is 0.0511. The first-order chi connectivity index (χ1) is 15.7. The smallest absolute Gasteiger partial charge is 0.161 e. The summed E-state index contributed by atoms with van der Waals surface area (Å²) in [4.78, 5) is 12.7. The summed E-state index contributed by atoms with van der Waals surface area (Å²) >= 11 is 6.18. The van der Waals surface area contributed by atoms with Gasteiger partial charge >= 0.3 is 0 Å². The van der Waals surface area contributed by atoms with Crippen LogP contribution in [0.1, 0.15) is 29.3 Å². The highest BCUT2D eigenvalue weighted by atomic mass is 35.5. The highest BCUT2D eigenvalue weighted by Gasteiger charge is 2.34. The van der Waals surface area contributed by atoms with E-state index < -0.39 is 21.8 Å². The zero-order chi connectivity index (χ0) is 24.0.